The third-order valence-corrected chi connectivity index (χ3v) is 5.67. The number of aromatic nitrogens is 1. The maximum Gasteiger partial charge on any atom is 0.0781 e. The Bertz CT molecular complexity index is 929. The van der Waals surface area contributed by atoms with Gasteiger partial charge in [-0.3, -0.25) is 4.98 Å². The summed E-state index contributed by atoms with van der Waals surface area (Å²) in [4.78, 5) is 9.81. The fourth-order valence-corrected chi connectivity index (χ4v) is 4.76. The lowest BCUT2D eigenvalue weighted by molar-refractivity contribution is 0.600. The molecule has 1 aromatic heterocycles. The quantitative estimate of drug-likeness (QED) is 0.374. The van der Waals surface area contributed by atoms with Gasteiger partial charge >= 0.3 is 0 Å². The fraction of sp³-hybridized carbons (Fsp3) is 0.483. The Kier molecular flexibility index (Phi) is 9.12. The van der Waals surface area contributed by atoms with Crippen molar-refractivity contribution in [3.05, 3.63) is 54.7 Å². The summed E-state index contributed by atoms with van der Waals surface area (Å²) in [7, 11) is 0. The summed E-state index contributed by atoms with van der Waals surface area (Å²) in [6.45, 7) is 22.2. The molecule has 32 heavy (non-hydrogen) atoms. The van der Waals surface area contributed by atoms with E-state index < -0.39 is 0 Å². The molecule has 0 aliphatic rings. The number of hydrogen-bond donors (Lipinski definition) is 0. The number of rotatable bonds is 7. The van der Waals surface area contributed by atoms with E-state index in [9.17, 15) is 0 Å². The number of hydrogen-bond acceptors (Lipinski definition) is 3. The van der Waals surface area contributed by atoms with E-state index in [4.69, 9.17) is 4.98 Å². The van der Waals surface area contributed by atoms with Crippen LogP contribution in [0.4, 0.5) is 11.4 Å². The van der Waals surface area contributed by atoms with Crippen LogP contribution < -0.4 is 9.80 Å². The van der Waals surface area contributed by atoms with Gasteiger partial charge in [-0.25, -0.2) is 0 Å². The number of pyridine rings is 1. The van der Waals surface area contributed by atoms with Gasteiger partial charge in [0.1, 0.15) is 0 Å². The molecule has 3 aromatic rings. The van der Waals surface area contributed by atoms with E-state index in [1.54, 1.807) is 0 Å². The van der Waals surface area contributed by atoms with Gasteiger partial charge in [-0.2, -0.15) is 0 Å². The Hall–Kier alpha value is -2.55. The highest BCUT2D eigenvalue weighted by Crippen LogP contribution is 2.36. The van der Waals surface area contributed by atoms with Crippen LogP contribution in [0.1, 0.15) is 69.2 Å². The van der Waals surface area contributed by atoms with Gasteiger partial charge in [0, 0.05) is 52.7 Å². The topological polar surface area (TPSA) is 19.4 Å². The third kappa shape index (κ3) is 5.62. The Labute approximate surface area is 196 Å². The molecular formula is C29H43N3. The molecule has 0 amide bonds. The van der Waals surface area contributed by atoms with Crippen molar-refractivity contribution >= 4 is 22.1 Å². The van der Waals surface area contributed by atoms with Crippen molar-refractivity contribution in [1.82, 2.24) is 4.98 Å². The largest absolute Gasteiger partial charge is 0.367 e. The van der Waals surface area contributed by atoms with Gasteiger partial charge in [-0.15, -0.1) is 0 Å². The Morgan fingerprint density at radius 3 is 1.56 bits per heavy atom. The minimum atomic E-state index is 0.417. The smallest absolute Gasteiger partial charge is 0.0781 e. The predicted molar refractivity (Wildman–Crippen MR) is 144 cm³/mol. The number of anilines is 2. The first-order valence-corrected chi connectivity index (χ1v) is 12.3. The van der Waals surface area contributed by atoms with Crippen LogP contribution >= 0.6 is 0 Å². The van der Waals surface area contributed by atoms with Crippen LogP contribution in [0.25, 0.3) is 22.0 Å². The Balaban J connectivity index is 0.00000176. The normalized spacial score (nSPS) is 11.3. The molecule has 3 rings (SSSR count). The molecule has 0 saturated heterocycles. The van der Waals surface area contributed by atoms with Gasteiger partial charge in [0.25, 0.3) is 0 Å². The van der Waals surface area contributed by atoms with Crippen molar-refractivity contribution in [2.24, 2.45) is 0 Å². The maximum atomic E-state index is 4.82. The van der Waals surface area contributed by atoms with Crippen molar-refractivity contribution in [3.63, 3.8) is 0 Å². The second-order valence-electron chi connectivity index (χ2n) is 9.31. The monoisotopic (exact) mass is 433 g/mol. The second kappa shape index (κ2) is 11.4. The van der Waals surface area contributed by atoms with Crippen molar-refractivity contribution in [3.8, 4) is 11.3 Å². The molecule has 0 aliphatic heterocycles. The minimum absolute atomic E-state index is 0.417. The van der Waals surface area contributed by atoms with E-state index in [1.807, 2.05) is 20.0 Å². The van der Waals surface area contributed by atoms with Crippen LogP contribution in [0.15, 0.2) is 54.7 Å². The summed E-state index contributed by atoms with van der Waals surface area (Å²) < 4.78 is 0. The SMILES string of the molecule is CC.CC(C)N(c1cc(-c2nccc3ccccc23)cc(N(C(C)C)C(C)C)c1)C(C)C. The molecule has 1 heterocycles. The molecule has 3 heteroatoms. The predicted octanol–water partition coefficient (Wildman–Crippen LogP) is 8.17. The van der Waals surface area contributed by atoms with Crippen LogP contribution in [-0.4, -0.2) is 29.2 Å². The van der Waals surface area contributed by atoms with E-state index in [0.717, 1.165) is 5.69 Å². The van der Waals surface area contributed by atoms with Gasteiger partial charge in [0.15, 0.2) is 0 Å². The van der Waals surface area contributed by atoms with Gasteiger partial charge in [-0.05, 0) is 85.0 Å². The highest BCUT2D eigenvalue weighted by Gasteiger charge is 2.21. The first-order chi connectivity index (χ1) is 15.2. The van der Waals surface area contributed by atoms with E-state index in [0.29, 0.717) is 24.2 Å². The molecule has 0 spiro atoms. The lowest BCUT2D eigenvalue weighted by Crippen LogP contribution is -2.39. The van der Waals surface area contributed by atoms with E-state index in [2.05, 4.69) is 114 Å². The van der Waals surface area contributed by atoms with Crippen LogP contribution in [-0.2, 0) is 0 Å². The molecule has 0 fully saturated rings. The van der Waals surface area contributed by atoms with Crippen molar-refractivity contribution in [2.45, 2.75) is 93.4 Å². The summed E-state index contributed by atoms with van der Waals surface area (Å²) in [5.41, 5.74) is 4.75. The van der Waals surface area contributed by atoms with E-state index in [-0.39, 0.29) is 0 Å². The Morgan fingerprint density at radius 1 is 0.625 bits per heavy atom. The molecule has 0 N–H and O–H groups in total. The lowest BCUT2D eigenvalue weighted by atomic mass is 10.0. The summed E-state index contributed by atoms with van der Waals surface area (Å²) in [5.74, 6) is 0. The average molecular weight is 434 g/mol. The molecule has 0 aliphatic carbocycles. The third-order valence-electron chi connectivity index (χ3n) is 5.67. The van der Waals surface area contributed by atoms with Crippen molar-refractivity contribution in [1.29, 1.82) is 0 Å². The molecular weight excluding hydrogens is 390 g/mol. The zero-order valence-corrected chi connectivity index (χ0v) is 21.8. The first-order valence-electron chi connectivity index (χ1n) is 12.3. The van der Waals surface area contributed by atoms with Crippen LogP contribution in [0.3, 0.4) is 0 Å². The number of nitrogens with zero attached hydrogens (tertiary/aromatic N) is 3. The summed E-state index contributed by atoms with van der Waals surface area (Å²) in [6, 6.07) is 19.3. The first kappa shape index (κ1) is 25.7. The Morgan fingerprint density at radius 2 is 1.09 bits per heavy atom. The zero-order chi connectivity index (χ0) is 24.0. The minimum Gasteiger partial charge on any atom is -0.367 e. The number of benzene rings is 2. The van der Waals surface area contributed by atoms with E-state index >= 15 is 0 Å². The highest BCUT2D eigenvalue weighted by atomic mass is 15.2. The van der Waals surface area contributed by atoms with Crippen LogP contribution in [0, 0.1) is 0 Å². The highest BCUT2D eigenvalue weighted by molar-refractivity contribution is 5.95. The molecule has 0 radical (unpaired) electrons. The average Bonchev–Trinajstić information content (AvgIpc) is 2.73. The van der Waals surface area contributed by atoms with Crippen LogP contribution in [0.2, 0.25) is 0 Å². The lowest BCUT2D eigenvalue weighted by Gasteiger charge is -2.37. The van der Waals surface area contributed by atoms with Gasteiger partial charge in [0.05, 0.1) is 5.69 Å². The molecule has 0 unspecified atom stereocenters. The molecule has 0 saturated carbocycles. The van der Waals surface area contributed by atoms with E-state index in [1.165, 1.54) is 27.7 Å². The van der Waals surface area contributed by atoms with Gasteiger partial charge < -0.3 is 9.80 Å². The molecule has 0 atom stereocenters. The van der Waals surface area contributed by atoms with Crippen LogP contribution in [0.5, 0.6) is 0 Å². The van der Waals surface area contributed by atoms with Gasteiger partial charge in [0.2, 0.25) is 0 Å². The summed E-state index contributed by atoms with van der Waals surface area (Å²) in [6.07, 6.45) is 1.93. The fourth-order valence-electron chi connectivity index (χ4n) is 4.76. The maximum absolute atomic E-state index is 4.82. The molecule has 0 bridgehead atoms. The van der Waals surface area contributed by atoms with Crippen molar-refractivity contribution in [2.75, 3.05) is 9.80 Å². The molecule has 3 nitrogen and oxygen atoms in total. The number of fused-ring (bicyclic) bond motifs is 1. The standard InChI is InChI=1S/C27H37N3.C2H6/c1-18(2)29(19(3)4)24-15-23(16-25(17-24)30(20(5)6)21(7)8)27-26-12-10-9-11-22(26)13-14-28-27;1-2/h9-21H,1-8H3;1-2H3. The summed E-state index contributed by atoms with van der Waals surface area (Å²) >= 11 is 0. The molecule has 174 valence electrons. The van der Waals surface area contributed by atoms with Crippen molar-refractivity contribution < 1.29 is 0 Å². The second-order valence-corrected chi connectivity index (χ2v) is 9.31. The summed E-state index contributed by atoms with van der Waals surface area (Å²) in [5, 5.41) is 2.42. The zero-order valence-electron chi connectivity index (χ0n) is 21.8. The van der Waals surface area contributed by atoms with Gasteiger partial charge in [-0.1, -0.05) is 38.1 Å². The molecule has 2 aromatic carbocycles.